The normalized spacial score (nSPS) is 10.3. The van der Waals surface area contributed by atoms with Crippen molar-refractivity contribution < 1.29 is 48.9 Å². The molecule has 7 nitrogen and oxygen atoms in total. The van der Waals surface area contributed by atoms with Crippen molar-refractivity contribution in [1.82, 2.24) is 10.2 Å². The number of H-pyrrole nitrogens is 1. The van der Waals surface area contributed by atoms with E-state index in [0.29, 0.717) is 22.0 Å². The van der Waals surface area contributed by atoms with Gasteiger partial charge in [0.2, 0.25) is 5.75 Å². The number of benzene rings is 2. The van der Waals surface area contributed by atoms with Gasteiger partial charge in [-0.25, -0.2) is 5.10 Å². The first-order valence-corrected chi connectivity index (χ1v) is 6.48. The molecular weight excluding hydrogens is 331 g/mol. The van der Waals surface area contributed by atoms with E-state index in [9.17, 15) is 9.90 Å². The van der Waals surface area contributed by atoms with E-state index in [1.807, 2.05) is 0 Å². The Balaban J connectivity index is 0.00000192. The van der Waals surface area contributed by atoms with Gasteiger partial charge in [0.1, 0.15) is 0 Å². The Hall–Kier alpha value is -1.55. The summed E-state index contributed by atoms with van der Waals surface area (Å²) in [5, 5.41) is 21.5. The molecule has 1 heterocycles. The summed E-state index contributed by atoms with van der Waals surface area (Å²) in [6.45, 7) is 0. The molecule has 0 aliphatic carbocycles. The minimum Gasteiger partial charge on any atom is -0.578 e. The van der Waals surface area contributed by atoms with Gasteiger partial charge in [0.15, 0.2) is 5.75 Å². The van der Waals surface area contributed by atoms with Crippen LogP contribution < -0.4 is 40.0 Å². The van der Waals surface area contributed by atoms with Crippen molar-refractivity contribution in [1.29, 1.82) is 0 Å². The standard InChI is InChI=1S/C14H10N2O5S.Na/c17-11-6-5-8(7-12(11)19-20-21-22)13-9-3-1-2-4-10(9)14(18)16-15-13;/h1-7,17,22H,(H,16,18);/q;+1/p-1. The van der Waals surface area contributed by atoms with E-state index in [1.165, 1.54) is 12.1 Å². The van der Waals surface area contributed by atoms with Gasteiger partial charge in [-0.2, -0.15) is 5.10 Å². The molecule has 23 heavy (non-hydrogen) atoms. The first-order chi connectivity index (χ1) is 10.7. The molecule has 112 valence electrons. The summed E-state index contributed by atoms with van der Waals surface area (Å²) in [6.07, 6.45) is 0. The summed E-state index contributed by atoms with van der Waals surface area (Å²) < 4.78 is 3.92. The van der Waals surface area contributed by atoms with Gasteiger partial charge in [0.25, 0.3) is 5.56 Å². The first kappa shape index (κ1) is 17.8. The number of fused-ring (bicyclic) bond motifs is 1. The second kappa shape index (κ2) is 7.82. The van der Waals surface area contributed by atoms with Gasteiger partial charge >= 0.3 is 29.6 Å². The molecule has 0 aliphatic rings. The van der Waals surface area contributed by atoms with Crippen LogP contribution in [0.4, 0.5) is 0 Å². The van der Waals surface area contributed by atoms with Gasteiger partial charge in [0.05, 0.1) is 11.1 Å². The number of hydrogen-bond donors (Lipinski definition) is 2. The molecule has 0 atom stereocenters. The van der Waals surface area contributed by atoms with E-state index >= 15 is 0 Å². The molecule has 0 saturated carbocycles. The number of phenols is 1. The van der Waals surface area contributed by atoms with E-state index in [0.717, 1.165) is 0 Å². The third-order valence-corrected chi connectivity index (χ3v) is 3.14. The number of nitrogens with one attached hydrogen (secondary N) is 1. The number of hydrogen-bond acceptors (Lipinski definition) is 7. The molecule has 0 fully saturated rings. The van der Waals surface area contributed by atoms with E-state index in [1.54, 1.807) is 30.3 Å². The molecule has 0 aliphatic heterocycles. The second-order valence-electron chi connectivity index (χ2n) is 4.35. The Kier molecular flexibility index (Phi) is 6.05. The van der Waals surface area contributed by atoms with Crippen LogP contribution in [0.3, 0.4) is 0 Å². The number of rotatable bonds is 4. The van der Waals surface area contributed by atoms with E-state index in [-0.39, 0.29) is 46.6 Å². The van der Waals surface area contributed by atoms with Crippen molar-refractivity contribution in [3.63, 3.8) is 0 Å². The van der Waals surface area contributed by atoms with Gasteiger partial charge in [-0.15, -0.1) is 0 Å². The zero-order valence-corrected chi connectivity index (χ0v) is 14.8. The van der Waals surface area contributed by atoms with Crippen molar-refractivity contribution >= 4 is 23.7 Å². The average molecular weight is 340 g/mol. The number of phenolic OH excluding ortho intramolecular Hbond substituents is 1. The molecule has 0 saturated heterocycles. The fourth-order valence-corrected chi connectivity index (χ4v) is 2.14. The molecule has 0 amide bonds. The van der Waals surface area contributed by atoms with Crippen LogP contribution in [0.1, 0.15) is 0 Å². The Morgan fingerprint density at radius 3 is 2.61 bits per heavy atom. The van der Waals surface area contributed by atoms with Crippen molar-refractivity contribution in [3.05, 3.63) is 52.8 Å². The molecule has 0 radical (unpaired) electrons. The van der Waals surface area contributed by atoms with Gasteiger partial charge in [-0.05, 0) is 29.3 Å². The van der Waals surface area contributed by atoms with Crippen LogP contribution >= 0.6 is 0 Å². The molecule has 2 N–H and O–H groups in total. The van der Waals surface area contributed by atoms with Gasteiger partial charge in [-0.3, -0.25) is 4.79 Å². The molecule has 9 heteroatoms. The number of aromatic nitrogens is 2. The predicted octanol–water partition coefficient (Wildman–Crippen LogP) is -0.996. The largest absolute Gasteiger partial charge is 1.00 e. The summed E-state index contributed by atoms with van der Waals surface area (Å²) >= 11 is 4.12. The minimum absolute atomic E-state index is 0. The SMILES string of the molecule is O=c1[nH]nc(-c2ccc(O)c(OOO[S-])c2)c2ccccc12.[Na+]. The maximum atomic E-state index is 11.8. The van der Waals surface area contributed by atoms with Crippen LogP contribution in [0.15, 0.2) is 47.3 Å². The molecule has 2 aromatic carbocycles. The van der Waals surface area contributed by atoms with E-state index in [4.69, 9.17) is 4.89 Å². The third-order valence-electron chi connectivity index (χ3n) is 3.08. The van der Waals surface area contributed by atoms with Crippen molar-refractivity contribution in [3.8, 4) is 22.8 Å². The minimum atomic E-state index is -0.280. The van der Waals surface area contributed by atoms with Crippen LogP contribution in [-0.4, -0.2) is 15.3 Å². The molecule has 3 aromatic rings. The monoisotopic (exact) mass is 340 g/mol. The Morgan fingerprint density at radius 2 is 1.87 bits per heavy atom. The molecule has 0 spiro atoms. The van der Waals surface area contributed by atoms with Gasteiger partial charge in [0, 0.05) is 10.9 Å². The summed E-state index contributed by atoms with van der Waals surface area (Å²) in [4.78, 5) is 16.5. The van der Waals surface area contributed by atoms with Crippen LogP contribution in [0, 0.1) is 0 Å². The third kappa shape index (κ3) is 3.69. The smallest absolute Gasteiger partial charge is 0.578 e. The molecular formula is C14H9N2NaO5S. The predicted molar refractivity (Wildman–Crippen MR) is 79.6 cm³/mol. The molecule has 0 unspecified atom stereocenters. The van der Waals surface area contributed by atoms with Crippen LogP contribution in [0.2, 0.25) is 0 Å². The summed E-state index contributed by atoms with van der Waals surface area (Å²) in [6, 6.07) is 11.6. The van der Waals surface area contributed by atoms with E-state index in [2.05, 4.69) is 32.5 Å². The summed E-state index contributed by atoms with van der Waals surface area (Å²) in [7, 11) is 0. The average Bonchev–Trinajstić information content (AvgIpc) is 2.55. The first-order valence-electron chi connectivity index (χ1n) is 6.14. The van der Waals surface area contributed by atoms with Gasteiger partial charge in [-0.1, -0.05) is 18.2 Å². The quantitative estimate of drug-likeness (QED) is 0.272. The van der Waals surface area contributed by atoms with Crippen LogP contribution in [0.5, 0.6) is 11.5 Å². The number of aromatic amines is 1. The van der Waals surface area contributed by atoms with Crippen molar-refractivity contribution in [2.24, 2.45) is 0 Å². The summed E-state index contributed by atoms with van der Waals surface area (Å²) in [5.41, 5.74) is 0.852. The Labute approximate surface area is 158 Å². The Bertz CT molecular complexity index is 886. The van der Waals surface area contributed by atoms with Crippen molar-refractivity contribution in [2.45, 2.75) is 0 Å². The van der Waals surface area contributed by atoms with Crippen molar-refractivity contribution in [2.75, 3.05) is 0 Å². The van der Waals surface area contributed by atoms with Crippen LogP contribution in [0.25, 0.3) is 22.0 Å². The topological polar surface area (TPSA) is 93.7 Å². The van der Waals surface area contributed by atoms with E-state index < -0.39 is 0 Å². The summed E-state index contributed by atoms with van der Waals surface area (Å²) in [5.74, 6) is -0.163. The molecule has 0 bridgehead atoms. The molecule has 3 rings (SSSR count). The number of aromatic hydroxyl groups is 1. The maximum Gasteiger partial charge on any atom is 1.00 e. The fourth-order valence-electron chi connectivity index (χ4n) is 2.11. The fraction of sp³-hybridized carbons (Fsp3) is 0. The second-order valence-corrected chi connectivity index (χ2v) is 4.48. The molecule has 1 aromatic heterocycles. The zero-order valence-electron chi connectivity index (χ0n) is 12.0. The number of nitrogens with zero attached hydrogens (tertiary/aromatic N) is 1. The Morgan fingerprint density at radius 1 is 1.13 bits per heavy atom. The van der Waals surface area contributed by atoms with Gasteiger partial charge < -0.3 is 27.2 Å². The maximum absolute atomic E-state index is 11.8. The zero-order chi connectivity index (χ0) is 15.5. The van der Waals surface area contributed by atoms with Crippen LogP contribution in [-0.2, 0) is 22.3 Å².